The smallest absolute Gasteiger partial charge is 0.298 e. The van der Waals surface area contributed by atoms with Gasteiger partial charge in [-0.2, -0.15) is 0 Å². The zero-order valence-corrected chi connectivity index (χ0v) is 19.2. The molecular weight excluding hydrogens is 469 g/mol. The van der Waals surface area contributed by atoms with Gasteiger partial charge in [0.2, 0.25) is 0 Å². The van der Waals surface area contributed by atoms with Gasteiger partial charge in [-0.05, 0) is 65.4 Å². The van der Waals surface area contributed by atoms with Crippen molar-refractivity contribution < 1.29 is 19.1 Å². The average molecular weight is 486 g/mol. The lowest BCUT2D eigenvalue weighted by molar-refractivity contribution is -0.113. The van der Waals surface area contributed by atoms with Crippen LogP contribution in [0.25, 0.3) is 6.08 Å². The summed E-state index contributed by atoms with van der Waals surface area (Å²) in [6.07, 6.45) is 1.65. The summed E-state index contributed by atoms with van der Waals surface area (Å²) in [5.41, 5.74) is 2.03. The Morgan fingerprint density at radius 1 is 0.969 bits per heavy atom. The summed E-state index contributed by atoms with van der Waals surface area (Å²) in [5.74, 6) is 0.650. The topological polar surface area (TPSA) is 55.8 Å². The Balaban J connectivity index is 1.54. The van der Waals surface area contributed by atoms with E-state index in [-0.39, 0.29) is 0 Å². The van der Waals surface area contributed by atoms with Crippen LogP contribution in [-0.2, 0) is 11.4 Å². The van der Waals surface area contributed by atoms with Crippen LogP contribution in [0.1, 0.15) is 11.1 Å². The van der Waals surface area contributed by atoms with E-state index in [0.29, 0.717) is 44.3 Å². The maximum atomic E-state index is 12.9. The van der Waals surface area contributed by atoms with Crippen molar-refractivity contribution >= 4 is 57.9 Å². The molecule has 32 heavy (non-hydrogen) atoms. The molecule has 1 aliphatic rings. The lowest BCUT2D eigenvalue weighted by atomic mass is 10.1. The quantitative estimate of drug-likeness (QED) is 0.358. The summed E-state index contributed by atoms with van der Waals surface area (Å²) in [6.45, 7) is 0.351. The molecule has 0 aliphatic carbocycles. The van der Waals surface area contributed by atoms with Crippen molar-refractivity contribution in [3.63, 3.8) is 0 Å². The van der Waals surface area contributed by atoms with Crippen molar-refractivity contribution in [2.45, 2.75) is 6.61 Å². The van der Waals surface area contributed by atoms with Gasteiger partial charge in [-0.15, -0.1) is 0 Å². The monoisotopic (exact) mass is 485 g/mol. The Labute approximate surface area is 199 Å². The molecule has 0 bridgehead atoms. The number of carbonyl (C=O) groups excluding carboxylic acids is 2. The van der Waals surface area contributed by atoms with Crippen LogP contribution in [0, 0.1) is 0 Å². The largest absolute Gasteiger partial charge is 0.493 e. The molecule has 0 N–H and O–H groups in total. The molecular formula is C24H17Cl2NO4S. The molecule has 2 amide bonds. The molecule has 0 saturated carbocycles. The Hall–Kier alpha value is -2.93. The van der Waals surface area contributed by atoms with E-state index in [0.717, 1.165) is 22.2 Å². The second-order valence-corrected chi connectivity index (χ2v) is 8.63. The summed E-state index contributed by atoms with van der Waals surface area (Å²) in [5, 5.41) is 0.596. The number of carbonyl (C=O) groups is 2. The first-order valence-electron chi connectivity index (χ1n) is 9.54. The summed E-state index contributed by atoms with van der Waals surface area (Å²) < 4.78 is 11.3. The highest BCUT2D eigenvalue weighted by Crippen LogP contribution is 2.39. The third-order valence-electron chi connectivity index (χ3n) is 4.68. The number of benzene rings is 3. The predicted octanol–water partition coefficient (Wildman–Crippen LogP) is 6.82. The fraction of sp³-hybridized carbons (Fsp3) is 0.0833. The van der Waals surface area contributed by atoms with Crippen LogP contribution in [0.3, 0.4) is 0 Å². The molecule has 3 aromatic carbocycles. The Bertz CT molecular complexity index is 1210. The van der Waals surface area contributed by atoms with Gasteiger partial charge in [0.1, 0.15) is 6.61 Å². The van der Waals surface area contributed by atoms with Crippen LogP contribution >= 0.6 is 35.0 Å². The molecule has 0 unspecified atom stereocenters. The molecule has 4 rings (SSSR count). The van der Waals surface area contributed by atoms with Crippen molar-refractivity contribution in [1.29, 1.82) is 0 Å². The van der Waals surface area contributed by atoms with Gasteiger partial charge in [-0.3, -0.25) is 9.59 Å². The minimum atomic E-state index is -0.421. The van der Waals surface area contributed by atoms with E-state index in [1.54, 1.807) is 67.8 Å². The zero-order chi connectivity index (χ0) is 22.7. The van der Waals surface area contributed by atoms with Crippen molar-refractivity contribution in [2.24, 2.45) is 0 Å². The molecule has 0 spiro atoms. The normalized spacial score (nSPS) is 14.8. The van der Waals surface area contributed by atoms with Gasteiger partial charge < -0.3 is 9.47 Å². The lowest BCUT2D eigenvalue weighted by Gasteiger charge is -2.13. The fourth-order valence-corrected chi connectivity index (χ4v) is 4.28. The fourth-order valence-electron chi connectivity index (χ4n) is 3.09. The van der Waals surface area contributed by atoms with Gasteiger partial charge in [-0.1, -0.05) is 53.5 Å². The van der Waals surface area contributed by atoms with Gasteiger partial charge in [0.25, 0.3) is 11.1 Å². The summed E-state index contributed by atoms with van der Waals surface area (Å²) in [6, 6.07) is 19.4. The molecule has 0 aromatic heterocycles. The summed E-state index contributed by atoms with van der Waals surface area (Å²) >= 11 is 12.9. The zero-order valence-electron chi connectivity index (χ0n) is 16.9. The highest BCUT2D eigenvalue weighted by atomic mass is 35.5. The lowest BCUT2D eigenvalue weighted by Crippen LogP contribution is -2.27. The number of imide groups is 1. The predicted molar refractivity (Wildman–Crippen MR) is 129 cm³/mol. The molecule has 0 radical (unpaired) electrons. The average Bonchev–Trinajstić information content (AvgIpc) is 3.07. The number of amides is 2. The number of thioether (sulfide) groups is 1. The van der Waals surface area contributed by atoms with E-state index in [1.807, 2.05) is 12.1 Å². The van der Waals surface area contributed by atoms with E-state index in [1.165, 1.54) is 0 Å². The van der Waals surface area contributed by atoms with Gasteiger partial charge in [0.05, 0.1) is 22.7 Å². The van der Waals surface area contributed by atoms with Crippen LogP contribution in [0.15, 0.2) is 71.6 Å². The van der Waals surface area contributed by atoms with Gasteiger partial charge in [-0.25, -0.2) is 4.90 Å². The highest BCUT2D eigenvalue weighted by Gasteiger charge is 2.37. The number of para-hydroxylation sites is 1. The van der Waals surface area contributed by atoms with Crippen molar-refractivity contribution in [2.75, 3.05) is 12.0 Å². The van der Waals surface area contributed by atoms with Gasteiger partial charge >= 0.3 is 0 Å². The number of ether oxygens (including phenoxy) is 2. The molecule has 1 fully saturated rings. The summed E-state index contributed by atoms with van der Waals surface area (Å²) in [4.78, 5) is 26.7. The second kappa shape index (κ2) is 9.69. The van der Waals surface area contributed by atoms with Gasteiger partial charge in [0.15, 0.2) is 11.5 Å². The number of anilines is 1. The van der Waals surface area contributed by atoms with E-state index >= 15 is 0 Å². The standard InChI is InChI=1S/C24H17Cl2NO4S/c1-30-21-12-16(8-11-20(21)31-14-15-6-9-17(25)10-7-15)13-22-23(28)27(24(29)32-22)19-5-3-2-4-18(19)26/h2-13H,14H2,1H3/b22-13-. The molecule has 8 heteroatoms. The molecule has 3 aromatic rings. The number of rotatable bonds is 6. The van der Waals surface area contributed by atoms with Crippen molar-refractivity contribution in [3.8, 4) is 11.5 Å². The second-order valence-electron chi connectivity index (χ2n) is 6.79. The molecule has 5 nitrogen and oxygen atoms in total. The number of methoxy groups -OCH3 is 1. The molecule has 1 saturated heterocycles. The van der Waals surface area contributed by atoms with Crippen molar-refractivity contribution in [1.82, 2.24) is 0 Å². The van der Waals surface area contributed by atoms with E-state index in [2.05, 4.69) is 0 Å². The van der Waals surface area contributed by atoms with E-state index < -0.39 is 11.1 Å². The Morgan fingerprint density at radius 3 is 2.44 bits per heavy atom. The van der Waals surface area contributed by atoms with Crippen LogP contribution in [0.5, 0.6) is 11.5 Å². The number of hydrogen-bond donors (Lipinski definition) is 0. The Kier molecular flexibility index (Phi) is 6.74. The van der Waals surface area contributed by atoms with Crippen LogP contribution in [0.4, 0.5) is 10.5 Å². The van der Waals surface area contributed by atoms with Crippen molar-refractivity contribution in [3.05, 3.63) is 92.8 Å². The third kappa shape index (κ3) is 4.78. The minimum Gasteiger partial charge on any atom is -0.493 e. The van der Waals surface area contributed by atoms with Crippen LogP contribution in [0.2, 0.25) is 10.0 Å². The molecule has 1 aliphatic heterocycles. The van der Waals surface area contributed by atoms with E-state index in [4.69, 9.17) is 32.7 Å². The first-order valence-corrected chi connectivity index (χ1v) is 11.1. The third-order valence-corrected chi connectivity index (χ3v) is 6.12. The molecule has 0 atom stereocenters. The highest BCUT2D eigenvalue weighted by molar-refractivity contribution is 8.19. The molecule has 1 heterocycles. The molecule has 162 valence electrons. The summed E-state index contributed by atoms with van der Waals surface area (Å²) in [7, 11) is 1.54. The Morgan fingerprint density at radius 2 is 1.72 bits per heavy atom. The van der Waals surface area contributed by atoms with Gasteiger partial charge in [0, 0.05) is 5.02 Å². The maximum absolute atomic E-state index is 12.9. The minimum absolute atomic E-state index is 0.298. The maximum Gasteiger partial charge on any atom is 0.298 e. The number of hydrogen-bond acceptors (Lipinski definition) is 5. The number of halogens is 2. The number of nitrogens with zero attached hydrogens (tertiary/aromatic N) is 1. The van der Waals surface area contributed by atoms with Crippen LogP contribution in [-0.4, -0.2) is 18.3 Å². The first-order chi connectivity index (χ1) is 15.5. The van der Waals surface area contributed by atoms with Crippen LogP contribution < -0.4 is 14.4 Å². The first kappa shape index (κ1) is 22.3. The SMILES string of the molecule is COc1cc(/C=C2\SC(=O)N(c3ccccc3Cl)C2=O)ccc1OCc1ccc(Cl)cc1. The van der Waals surface area contributed by atoms with E-state index in [9.17, 15) is 9.59 Å².